The van der Waals surface area contributed by atoms with E-state index in [1.807, 2.05) is 26.8 Å². The normalized spacial score (nSPS) is 12.0. The number of aryl methyl sites for hydroxylation is 1. The number of carbonyl (C=O) groups excluding carboxylic acids is 2. The minimum absolute atomic E-state index is 0.0753. The van der Waals surface area contributed by atoms with Gasteiger partial charge in [-0.25, -0.2) is 8.42 Å². The lowest BCUT2D eigenvalue weighted by Gasteiger charge is -2.33. The molecule has 1 unspecified atom stereocenters. The van der Waals surface area contributed by atoms with Crippen molar-refractivity contribution in [3.63, 3.8) is 0 Å². The van der Waals surface area contributed by atoms with Gasteiger partial charge in [0.15, 0.2) is 0 Å². The number of sulfonamides is 1. The van der Waals surface area contributed by atoms with E-state index in [-0.39, 0.29) is 17.3 Å². The van der Waals surface area contributed by atoms with Crippen LogP contribution in [0.25, 0.3) is 0 Å². The van der Waals surface area contributed by atoms with Crippen LogP contribution in [0.4, 0.5) is 5.69 Å². The zero-order valence-corrected chi connectivity index (χ0v) is 23.5. The number of rotatable bonds is 12. The van der Waals surface area contributed by atoms with Gasteiger partial charge < -0.3 is 10.2 Å². The quantitative estimate of drug-likeness (QED) is 0.334. The largest absolute Gasteiger partial charge is 0.354 e. The summed E-state index contributed by atoms with van der Waals surface area (Å²) in [5.41, 5.74) is 2.00. The number of nitrogens with one attached hydrogen (secondary N) is 1. The number of amides is 2. The van der Waals surface area contributed by atoms with Crippen LogP contribution >= 0.6 is 11.6 Å². The number of carbonyl (C=O) groups is 2. The molecule has 0 radical (unpaired) electrons. The van der Waals surface area contributed by atoms with Crippen LogP contribution in [0.2, 0.25) is 5.02 Å². The highest BCUT2D eigenvalue weighted by Crippen LogP contribution is 2.25. The second-order valence-corrected chi connectivity index (χ2v) is 11.3. The van der Waals surface area contributed by atoms with Gasteiger partial charge in [-0.15, -0.1) is 0 Å². The van der Waals surface area contributed by atoms with E-state index in [4.69, 9.17) is 11.6 Å². The van der Waals surface area contributed by atoms with Crippen LogP contribution in [0, 0.1) is 6.92 Å². The molecule has 1 atom stereocenters. The molecule has 2 amide bonds. The molecule has 3 aromatic rings. The summed E-state index contributed by atoms with van der Waals surface area (Å²) >= 11 is 6.05. The first kappa shape index (κ1) is 29.2. The molecule has 0 spiro atoms. The molecule has 0 aromatic heterocycles. The molecule has 0 fully saturated rings. The molecule has 0 heterocycles. The van der Waals surface area contributed by atoms with Gasteiger partial charge in [0.05, 0.1) is 10.6 Å². The maximum absolute atomic E-state index is 14.0. The molecule has 7 nitrogen and oxygen atoms in total. The molecule has 38 heavy (non-hydrogen) atoms. The fourth-order valence-corrected chi connectivity index (χ4v) is 5.66. The van der Waals surface area contributed by atoms with Crippen LogP contribution in [-0.4, -0.2) is 44.3 Å². The molecule has 0 aliphatic carbocycles. The van der Waals surface area contributed by atoms with Crippen molar-refractivity contribution in [2.24, 2.45) is 0 Å². The van der Waals surface area contributed by atoms with Gasteiger partial charge in [0.2, 0.25) is 11.8 Å². The fraction of sp³-hybridized carbons (Fsp3) is 0.310. The van der Waals surface area contributed by atoms with Gasteiger partial charge >= 0.3 is 0 Å². The Bertz CT molecular complexity index is 1330. The van der Waals surface area contributed by atoms with Crippen molar-refractivity contribution in [2.75, 3.05) is 17.4 Å². The Morgan fingerprint density at radius 3 is 2.24 bits per heavy atom. The van der Waals surface area contributed by atoms with Crippen molar-refractivity contribution in [1.82, 2.24) is 10.2 Å². The summed E-state index contributed by atoms with van der Waals surface area (Å²) in [6, 6.07) is 21.3. The monoisotopic (exact) mass is 555 g/mol. The van der Waals surface area contributed by atoms with Gasteiger partial charge in [0.1, 0.15) is 12.6 Å². The summed E-state index contributed by atoms with van der Waals surface area (Å²) in [5.74, 6) is -0.760. The fourth-order valence-electron chi connectivity index (χ4n) is 4.10. The molecule has 0 aliphatic rings. The van der Waals surface area contributed by atoms with Crippen LogP contribution < -0.4 is 9.62 Å². The third-order valence-electron chi connectivity index (χ3n) is 6.10. The van der Waals surface area contributed by atoms with E-state index < -0.39 is 28.5 Å². The number of benzene rings is 3. The van der Waals surface area contributed by atoms with Gasteiger partial charge in [-0.3, -0.25) is 13.9 Å². The minimum atomic E-state index is -4.08. The standard InChI is InChI=1S/C29H34ClN3O4S/c1-4-18-31-29(35)27(5-2)32(20-23-14-16-24(30)17-15-23)28(34)21-33(25-11-9-10-22(3)19-25)38(36,37)26-12-7-6-8-13-26/h6-17,19,27H,4-5,18,20-21H2,1-3H3,(H,31,35). The maximum Gasteiger partial charge on any atom is 0.264 e. The summed E-state index contributed by atoms with van der Waals surface area (Å²) < 4.78 is 28.7. The number of anilines is 1. The average molecular weight is 556 g/mol. The van der Waals surface area contributed by atoms with Crippen LogP contribution in [0.15, 0.2) is 83.8 Å². The van der Waals surface area contributed by atoms with Crippen molar-refractivity contribution < 1.29 is 18.0 Å². The molecule has 0 bridgehead atoms. The summed E-state index contributed by atoms with van der Waals surface area (Å²) in [6.45, 7) is 5.78. The van der Waals surface area contributed by atoms with Gasteiger partial charge in [-0.05, 0) is 67.3 Å². The molecule has 3 rings (SSSR count). The molecule has 0 aliphatic heterocycles. The third-order valence-corrected chi connectivity index (χ3v) is 8.14. The Kier molecular flexibility index (Phi) is 10.3. The van der Waals surface area contributed by atoms with E-state index in [2.05, 4.69) is 5.32 Å². The first-order valence-electron chi connectivity index (χ1n) is 12.6. The third kappa shape index (κ3) is 7.36. The summed E-state index contributed by atoms with van der Waals surface area (Å²) in [7, 11) is -4.08. The van der Waals surface area contributed by atoms with Crippen LogP contribution in [0.1, 0.15) is 37.8 Å². The number of nitrogens with zero attached hydrogens (tertiary/aromatic N) is 2. The van der Waals surface area contributed by atoms with Crippen molar-refractivity contribution in [2.45, 2.75) is 51.1 Å². The average Bonchev–Trinajstić information content (AvgIpc) is 2.91. The van der Waals surface area contributed by atoms with Crippen LogP contribution in [0.5, 0.6) is 0 Å². The first-order chi connectivity index (χ1) is 18.2. The molecule has 9 heteroatoms. The number of halogens is 1. The zero-order chi connectivity index (χ0) is 27.7. The van der Waals surface area contributed by atoms with Gasteiger partial charge in [-0.1, -0.05) is 67.9 Å². The highest BCUT2D eigenvalue weighted by molar-refractivity contribution is 7.92. The van der Waals surface area contributed by atoms with Crippen LogP contribution in [0.3, 0.4) is 0 Å². The van der Waals surface area contributed by atoms with E-state index in [1.54, 1.807) is 60.7 Å². The predicted molar refractivity (Wildman–Crippen MR) is 152 cm³/mol. The Morgan fingerprint density at radius 1 is 0.947 bits per heavy atom. The Morgan fingerprint density at radius 2 is 1.63 bits per heavy atom. The second-order valence-electron chi connectivity index (χ2n) is 9.03. The highest BCUT2D eigenvalue weighted by Gasteiger charge is 2.33. The van der Waals surface area contributed by atoms with E-state index >= 15 is 0 Å². The van der Waals surface area contributed by atoms with E-state index in [1.165, 1.54) is 17.0 Å². The lowest BCUT2D eigenvalue weighted by atomic mass is 10.1. The number of hydrogen-bond donors (Lipinski definition) is 1. The van der Waals surface area contributed by atoms with Crippen molar-refractivity contribution in [1.29, 1.82) is 0 Å². The van der Waals surface area contributed by atoms with Crippen molar-refractivity contribution in [3.05, 3.63) is 95.0 Å². The second kappa shape index (κ2) is 13.4. The Balaban J connectivity index is 2.03. The molecule has 0 saturated heterocycles. The lowest BCUT2D eigenvalue weighted by Crippen LogP contribution is -2.52. The minimum Gasteiger partial charge on any atom is -0.354 e. The zero-order valence-electron chi connectivity index (χ0n) is 21.9. The topological polar surface area (TPSA) is 86.8 Å². The Hall–Kier alpha value is -3.36. The summed E-state index contributed by atoms with van der Waals surface area (Å²) in [4.78, 5) is 28.6. The first-order valence-corrected chi connectivity index (χ1v) is 14.4. The van der Waals surface area contributed by atoms with Gasteiger partial charge in [-0.2, -0.15) is 0 Å². The molecule has 0 saturated carbocycles. The maximum atomic E-state index is 14.0. The van der Waals surface area contributed by atoms with E-state index in [0.717, 1.165) is 21.9 Å². The molecule has 1 N–H and O–H groups in total. The van der Waals surface area contributed by atoms with Gasteiger partial charge in [0, 0.05) is 18.1 Å². The summed E-state index contributed by atoms with van der Waals surface area (Å²) in [6.07, 6.45) is 1.12. The Labute approximate surface area is 230 Å². The molecular formula is C29H34ClN3O4S. The van der Waals surface area contributed by atoms with Crippen molar-refractivity contribution >= 4 is 39.1 Å². The SMILES string of the molecule is CCCNC(=O)C(CC)N(Cc1ccc(Cl)cc1)C(=O)CN(c1cccc(C)c1)S(=O)(=O)c1ccccc1. The number of hydrogen-bond acceptors (Lipinski definition) is 4. The summed E-state index contributed by atoms with van der Waals surface area (Å²) in [5, 5.41) is 3.43. The molecule has 202 valence electrons. The van der Waals surface area contributed by atoms with Gasteiger partial charge in [0.25, 0.3) is 10.0 Å². The van der Waals surface area contributed by atoms with E-state index in [0.29, 0.717) is 23.7 Å². The van der Waals surface area contributed by atoms with Crippen molar-refractivity contribution in [3.8, 4) is 0 Å². The van der Waals surface area contributed by atoms with Crippen LogP contribution in [-0.2, 0) is 26.2 Å². The molecule has 3 aromatic carbocycles. The lowest BCUT2D eigenvalue weighted by molar-refractivity contribution is -0.140. The highest BCUT2D eigenvalue weighted by atomic mass is 35.5. The smallest absolute Gasteiger partial charge is 0.264 e. The van der Waals surface area contributed by atoms with E-state index in [9.17, 15) is 18.0 Å². The molecular weight excluding hydrogens is 522 g/mol. The predicted octanol–water partition coefficient (Wildman–Crippen LogP) is 5.18.